The molecule has 0 saturated carbocycles. The van der Waals surface area contributed by atoms with E-state index in [-0.39, 0.29) is 0 Å². The molecule has 1 heterocycles. The van der Waals surface area contributed by atoms with Gasteiger partial charge in [-0.3, -0.25) is 4.68 Å². The maximum Gasteiger partial charge on any atom is 0.152 e. The fourth-order valence-corrected chi connectivity index (χ4v) is 1.76. The molecule has 1 aromatic carbocycles. The van der Waals surface area contributed by atoms with Gasteiger partial charge in [0.05, 0.1) is 23.9 Å². The molecular weight excluding hydrogens is 226 g/mol. The van der Waals surface area contributed by atoms with Crippen molar-refractivity contribution in [3.63, 3.8) is 0 Å². The van der Waals surface area contributed by atoms with Crippen LogP contribution in [0.15, 0.2) is 24.3 Å². The zero-order valence-electron chi connectivity index (χ0n) is 10.4. The first kappa shape index (κ1) is 12.0. The smallest absolute Gasteiger partial charge is 0.152 e. The molecule has 0 bridgehead atoms. The van der Waals surface area contributed by atoms with Crippen molar-refractivity contribution in [1.82, 2.24) is 9.78 Å². The number of nitrogens with one attached hydrogen (secondary N) is 1. The fourth-order valence-electron chi connectivity index (χ4n) is 1.76. The molecule has 1 aromatic heterocycles. The number of nitrogens with two attached hydrogens (primary N) is 1. The summed E-state index contributed by atoms with van der Waals surface area (Å²) in [6.45, 7) is 1.87. The number of nitrogen functional groups attached to an aromatic ring is 1. The van der Waals surface area contributed by atoms with Crippen LogP contribution in [-0.2, 0) is 13.5 Å². The maximum absolute atomic E-state index is 8.61. The van der Waals surface area contributed by atoms with Gasteiger partial charge in [0, 0.05) is 12.7 Å². The van der Waals surface area contributed by atoms with Crippen LogP contribution in [0, 0.1) is 18.3 Å². The average molecular weight is 241 g/mol. The second-order valence-electron chi connectivity index (χ2n) is 4.13. The molecule has 2 rings (SSSR count). The Bertz CT molecular complexity index is 589. The Morgan fingerprint density at radius 1 is 1.39 bits per heavy atom. The molecule has 0 fully saturated rings. The Morgan fingerprint density at radius 3 is 2.56 bits per heavy atom. The van der Waals surface area contributed by atoms with Gasteiger partial charge in [-0.05, 0) is 24.6 Å². The molecule has 92 valence electrons. The Balaban J connectivity index is 2.21. The van der Waals surface area contributed by atoms with Crippen molar-refractivity contribution in [2.45, 2.75) is 13.3 Å². The van der Waals surface area contributed by atoms with Crippen molar-refractivity contribution in [1.29, 1.82) is 5.26 Å². The van der Waals surface area contributed by atoms with Crippen LogP contribution >= 0.6 is 0 Å². The summed E-state index contributed by atoms with van der Waals surface area (Å²) in [6, 6.07) is 9.81. The van der Waals surface area contributed by atoms with Crippen LogP contribution in [0.5, 0.6) is 0 Å². The lowest BCUT2D eigenvalue weighted by molar-refractivity contribution is 0.765. The van der Waals surface area contributed by atoms with Crippen molar-refractivity contribution in [2.24, 2.45) is 7.05 Å². The fraction of sp³-hybridized carbons (Fsp3) is 0.231. The summed E-state index contributed by atoms with van der Waals surface area (Å²) in [4.78, 5) is 0. The molecule has 2 aromatic rings. The molecule has 5 heteroatoms. The highest BCUT2D eigenvalue weighted by Gasteiger charge is 2.09. The van der Waals surface area contributed by atoms with Crippen LogP contribution in [0.1, 0.15) is 11.3 Å². The molecule has 0 atom stereocenters. The maximum atomic E-state index is 8.61. The molecular formula is C13H15N5. The van der Waals surface area contributed by atoms with Crippen LogP contribution in [0.4, 0.5) is 17.2 Å². The van der Waals surface area contributed by atoms with E-state index in [1.807, 2.05) is 38.2 Å². The first-order chi connectivity index (χ1) is 8.61. The van der Waals surface area contributed by atoms with Gasteiger partial charge in [-0.15, -0.1) is 0 Å². The third-order valence-corrected chi connectivity index (χ3v) is 2.77. The SMILES string of the molecule is Cc1nn(C)c(Nc2ccc(CC#N)cc2)c1N. The van der Waals surface area contributed by atoms with E-state index in [1.165, 1.54) is 0 Å². The number of rotatable bonds is 3. The van der Waals surface area contributed by atoms with Gasteiger partial charge in [-0.2, -0.15) is 10.4 Å². The molecule has 0 saturated heterocycles. The summed E-state index contributed by atoms with van der Waals surface area (Å²) in [5.74, 6) is 0.778. The number of aryl methyl sites for hydroxylation is 2. The zero-order valence-corrected chi connectivity index (χ0v) is 10.4. The summed E-state index contributed by atoms with van der Waals surface area (Å²) in [5, 5.41) is 16.1. The number of nitriles is 1. The molecule has 18 heavy (non-hydrogen) atoms. The average Bonchev–Trinajstić information content (AvgIpc) is 2.59. The highest BCUT2D eigenvalue weighted by atomic mass is 15.3. The van der Waals surface area contributed by atoms with Crippen LogP contribution in [0.2, 0.25) is 0 Å². The molecule has 5 nitrogen and oxygen atoms in total. The molecule has 0 unspecified atom stereocenters. The minimum atomic E-state index is 0.424. The molecule has 0 aliphatic heterocycles. The normalized spacial score (nSPS) is 10.1. The minimum absolute atomic E-state index is 0.424. The van der Waals surface area contributed by atoms with Crippen molar-refractivity contribution in [3.8, 4) is 6.07 Å². The van der Waals surface area contributed by atoms with E-state index < -0.39 is 0 Å². The lowest BCUT2D eigenvalue weighted by atomic mass is 10.1. The predicted octanol–water partition coefficient (Wildman–Crippen LogP) is 2.12. The number of anilines is 3. The van der Waals surface area contributed by atoms with Crippen molar-refractivity contribution in [2.75, 3.05) is 11.1 Å². The van der Waals surface area contributed by atoms with Crippen LogP contribution in [0.3, 0.4) is 0 Å². The molecule has 0 spiro atoms. The molecule has 0 aliphatic rings. The lowest BCUT2D eigenvalue weighted by Gasteiger charge is -2.08. The second-order valence-corrected chi connectivity index (χ2v) is 4.13. The quantitative estimate of drug-likeness (QED) is 0.862. The molecule has 3 N–H and O–H groups in total. The van der Waals surface area contributed by atoms with Gasteiger partial charge in [0.15, 0.2) is 5.82 Å². The van der Waals surface area contributed by atoms with Crippen molar-refractivity contribution in [3.05, 3.63) is 35.5 Å². The van der Waals surface area contributed by atoms with Gasteiger partial charge in [-0.25, -0.2) is 0 Å². The number of hydrogen-bond acceptors (Lipinski definition) is 4. The van der Waals surface area contributed by atoms with Gasteiger partial charge >= 0.3 is 0 Å². The summed E-state index contributed by atoms with van der Waals surface area (Å²) in [6.07, 6.45) is 0.424. The highest BCUT2D eigenvalue weighted by Crippen LogP contribution is 2.25. The first-order valence-electron chi connectivity index (χ1n) is 5.64. The monoisotopic (exact) mass is 241 g/mol. The summed E-state index contributed by atoms with van der Waals surface area (Å²) in [7, 11) is 1.84. The summed E-state index contributed by atoms with van der Waals surface area (Å²) < 4.78 is 1.72. The van der Waals surface area contributed by atoms with Crippen LogP contribution in [0.25, 0.3) is 0 Å². The number of benzene rings is 1. The largest absolute Gasteiger partial charge is 0.394 e. The Morgan fingerprint density at radius 2 is 2.06 bits per heavy atom. The standard InChI is InChI=1S/C13H15N5/c1-9-12(15)13(18(2)17-9)16-11-5-3-10(4-6-11)7-8-14/h3-6,16H,7,15H2,1-2H3. The summed E-state index contributed by atoms with van der Waals surface area (Å²) in [5.41, 5.74) is 9.32. The van der Waals surface area contributed by atoms with Gasteiger partial charge < -0.3 is 11.1 Å². The third-order valence-electron chi connectivity index (χ3n) is 2.77. The first-order valence-corrected chi connectivity index (χ1v) is 5.64. The van der Waals surface area contributed by atoms with Crippen LogP contribution in [-0.4, -0.2) is 9.78 Å². The molecule has 0 aliphatic carbocycles. The van der Waals surface area contributed by atoms with Gasteiger partial charge in [0.2, 0.25) is 0 Å². The summed E-state index contributed by atoms with van der Waals surface area (Å²) >= 11 is 0. The van der Waals surface area contributed by atoms with Crippen molar-refractivity contribution >= 4 is 17.2 Å². The zero-order chi connectivity index (χ0) is 13.1. The van der Waals surface area contributed by atoms with E-state index in [0.29, 0.717) is 12.1 Å². The van der Waals surface area contributed by atoms with Crippen LogP contribution < -0.4 is 11.1 Å². The lowest BCUT2D eigenvalue weighted by Crippen LogP contribution is -2.01. The van der Waals surface area contributed by atoms with E-state index in [0.717, 1.165) is 22.8 Å². The van der Waals surface area contributed by atoms with E-state index in [9.17, 15) is 0 Å². The van der Waals surface area contributed by atoms with Crippen molar-refractivity contribution < 1.29 is 0 Å². The van der Waals surface area contributed by atoms with E-state index >= 15 is 0 Å². The topological polar surface area (TPSA) is 79.7 Å². The second kappa shape index (κ2) is 4.80. The Labute approximate surface area is 106 Å². The molecule has 0 amide bonds. The minimum Gasteiger partial charge on any atom is -0.394 e. The number of nitrogens with zero attached hydrogens (tertiary/aromatic N) is 3. The van der Waals surface area contributed by atoms with E-state index in [4.69, 9.17) is 11.0 Å². The van der Waals surface area contributed by atoms with Gasteiger partial charge in [0.1, 0.15) is 0 Å². The highest BCUT2D eigenvalue weighted by molar-refractivity contribution is 5.71. The number of hydrogen-bond donors (Lipinski definition) is 2. The number of aromatic nitrogens is 2. The predicted molar refractivity (Wildman–Crippen MR) is 71.4 cm³/mol. The van der Waals surface area contributed by atoms with E-state index in [2.05, 4.69) is 16.5 Å². The molecule has 0 radical (unpaired) electrons. The Hall–Kier alpha value is -2.48. The third kappa shape index (κ3) is 2.28. The van der Waals surface area contributed by atoms with E-state index in [1.54, 1.807) is 4.68 Å². The van der Waals surface area contributed by atoms with Gasteiger partial charge in [-0.1, -0.05) is 12.1 Å². The van der Waals surface area contributed by atoms with Gasteiger partial charge in [0.25, 0.3) is 0 Å². The Kier molecular flexibility index (Phi) is 3.20.